The van der Waals surface area contributed by atoms with Crippen molar-refractivity contribution in [3.63, 3.8) is 0 Å². The van der Waals surface area contributed by atoms with E-state index in [4.69, 9.17) is 10.5 Å². The molecule has 2 aromatic carbocycles. The van der Waals surface area contributed by atoms with E-state index in [1.165, 1.54) is 12.1 Å². The Balaban J connectivity index is 0.00000392. The van der Waals surface area contributed by atoms with Crippen LogP contribution in [0.15, 0.2) is 53.4 Å². The van der Waals surface area contributed by atoms with Gasteiger partial charge in [0, 0.05) is 25.2 Å². The van der Waals surface area contributed by atoms with E-state index < -0.39 is 10.0 Å². The molecule has 9 heteroatoms. The number of sulfonamides is 1. The zero-order valence-corrected chi connectivity index (χ0v) is 17.3. The number of rotatable bonds is 10. The average Bonchev–Trinajstić information content (AvgIpc) is 2.67. The van der Waals surface area contributed by atoms with E-state index in [9.17, 15) is 13.2 Å². The lowest BCUT2D eigenvalue weighted by molar-refractivity contribution is -0.116. The molecule has 154 valence electrons. The van der Waals surface area contributed by atoms with Gasteiger partial charge in [-0.1, -0.05) is 18.2 Å². The fraction of sp³-hybridized carbons (Fsp3) is 0.316. The van der Waals surface area contributed by atoms with Crippen LogP contribution in [0.1, 0.15) is 18.4 Å². The molecule has 0 heterocycles. The predicted octanol–water partition coefficient (Wildman–Crippen LogP) is 2.32. The minimum Gasteiger partial charge on any atom is -0.497 e. The summed E-state index contributed by atoms with van der Waals surface area (Å²) in [5, 5.41) is 2.74. The number of anilines is 1. The monoisotopic (exact) mass is 427 g/mol. The van der Waals surface area contributed by atoms with Gasteiger partial charge in [0.1, 0.15) is 5.75 Å². The van der Waals surface area contributed by atoms with Crippen LogP contribution in [0.25, 0.3) is 0 Å². The molecule has 0 saturated heterocycles. The molecule has 0 aliphatic heterocycles. The SMILES string of the molecule is COc1ccc(CCCC(=O)Nc2cccc(S(=O)(=O)NCCN)c2)cc1.Cl. The highest BCUT2D eigenvalue weighted by Crippen LogP contribution is 2.16. The fourth-order valence-corrected chi connectivity index (χ4v) is 3.58. The Labute approximate surface area is 172 Å². The van der Waals surface area contributed by atoms with E-state index in [0.717, 1.165) is 17.7 Å². The zero-order chi connectivity index (χ0) is 19.7. The summed E-state index contributed by atoms with van der Waals surface area (Å²) in [5.41, 5.74) is 6.89. The normalized spacial score (nSPS) is 10.8. The first-order chi connectivity index (χ1) is 12.9. The molecule has 2 aromatic rings. The Morgan fingerprint density at radius 3 is 2.50 bits per heavy atom. The van der Waals surface area contributed by atoms with Gasteiger partial charge in [-0.15, -0.1) is 12.4 Å². The molecule has 0 aliphatic carbocycles. The van der Waals surface area contributed by atoms with Crippen molar-refractivity contribution in [2.75, 3.05) is 25.5 Å². The smallest absolute Gasteiger partial charge is 0.240 e. The van der Waals surface area contributed by atoms with Crippen molar-refractivity contribution >= 4 is 34.0 Å². The number of aryl methyl sites for hydroxylation is 1. The second-order valence-corrected chi connectivity index (χ2v) is 7.73. The van der Waals surface area contributed by atoms with Crippen LogP contribution < -0.4 is 20.5 Å². The van der Waals surface area contributed by atoms with Crippen molar-refractivity contribution < 1.29 is 17.9 Å². The molecule has 4 N–H and O–H groups in total. The second kappa shape index (κ2) is 11.7. The first kappa shape index (κ1) is 23.9. The van der Waals surface area contributed by atoms with Crippen molar-refractivity contribution in [1.82, 2.24) is 4.72 Å². The summed E-state index contributed by atoms with van der Waals surface area (Å²) in [5.74, 6) is 0.639. The number of benzene rings is 2. The molecule has 0 spiro atoms. The van der Waals surface area contributed by atoms with Crippen LogP contribution in [0.2, 0.25) is 0 Å². The highest BCUT2D eigenvalue weighted by molar-refractivity contribution is 7.89. The zero-order valence-electron chi connectivity index (χ0n) is 15.7. The summed E-state index contributed by atoms with van der Waals surface area (Å²) in [4.78, 5) is 12.2. The first-order valence-corrected chi connectivity index (χ1v) is 10.2. The molecule has 7 nitrogen and oxygen atoms in total. The first-order valence-electron chi connectivity index (χ1n) is 8.67. The number of halogens is 1. The molecular weight excluding hydrogens is 402 g/mol. The van der Waals surface area contributed by atoms with Crippen molar-refractivity contribution in [2.45, 2.75) is 24.2 Å². The minimum atomic E-state index is -3.63. The maximum absolute atomic E-state index is 12.1. The van der Waals surface area contributed by atoms with Gasteiger partial charge in [0.15, 0.2) is 0 Å². The fourth-order valence-electron chi connectivity index (χ4n) is 2.49. The Hall–Kier alpha value is -2.13. The number of carbonyl (C=O) groups excluding carboxylic acids is 1. The van der Waals surface area contributed by atoms with Gasteiger partial charge in [-0.25, -0.2) is 13.1 Å². The number of nitrogens with one attached hydrogen (secondary N) is 2. The summed E-state index contributed by atoms with van der Waals surface area (Å²) < 4.78 is 31.7. The molecule has 0 unspecified atom stereocenters. The Morgan fingerprint density at radius 2 is 1.86 bits per heavy atom. The lowest BCUT2D eigenvalue weighted by atomic mass is 10.1. The molecule has 2 rings (SSSR count). The van der Waals surface area contributed by atoms with Crippen molar-refractivity contribution in [1.29, 1.82) is 0 Å². The molecule has 0 radical (unpaired) electrons. The number of amides is 1. The number of nitrogens with two attached hydrogens (primary N) is 1. The van der Waals surface area contributed by atoms with Gasteiger partial charge in [-0.2, -0.15) is 0 Å². The third kappa shape index (κ3) is 7.47. The number of hydrogen-bond acceptors (Lipinski definition) is 5. The molecule has 0 atom stereocenters. The average molecular weight is 428 g/mol. The van der Waals surface area contributed by atoms with Gasteiger partial charge in [0.2, 0.25) is 15.9 Å². The topological polar surface area (TPSA) is 111 Å². The van der Waals surface area contributed by atoms with Crippen molar-refractivity contribution in [3.05, 3.63) is 54.1 Å². The van der Waals surface area contributed by atoms with E-state index in [2.05, 4.69) is 10.0 Å². The summed E-state index contributed by atoms with van der Waals surface area (Å²) >= 11 is 0. The Morgan fingerprint density at radius 1 is 1.14 bits per heavy atom. The summed E-state index contributed by atoms with van der Waals surface area (Å²) in [6.07, 6.45) is 1.80. The van der Waals surface area contributed by atoms with Crippen LogP contribution in [-0.4, -0.2) is 34.5 Å². The van der Waals surface area contributed by atoms with Gasteiger partial charge >= 0.3 is 0 Å². The third-order valence-electron chi connectivity index (χ3n) is 3.89. The van der Waals surface area contributed by atoms with Crippen molar-refractivity contribution in [3.8, 4) is 5.75 Å². The molecular formula is C19H26ClN3O4S. The standard InChI is InChI=1S/C19H25N3O4S.ClH/c1-26-17-10-8-15(9-11-17)4-2-7-19(23)22-16-5-3-6-18(14-16)27(24,25)21-13-12-20;/h3,5-6,8-11,14,21H,2,4,7,12-13,20H2,1H3,(H,22,23);1H. The lowest BCUT2D eigenvalue weighted by Gasteiger charge is -2.09. The number of methoxy groups -OCH3 is 1. The number of carbonyl (C=O) groups is 1. The number of ether oxygens (including phenoxy) is 1. The molecule has 0 aromatic heterocycles. The largest absolute Gasteiger partial charge is 0.497 e. The van der Waals surface area contributed by atoms with E-state index in [-0.39, 0.29) is 36.3 Å². The molecule has 1 amide bonds. The van der Waals surface area contributed by atoms with Crippen LogP contribution >= 0.6 is 12.4 Å². The van der Waals surface area contributed by atoms with Gasteiger partial charge in [0.05, 0.1) is 12.0 Å². The quantitative estimate of drug-likeness (QED) is 0.538. The predicted molar refractivity (Wildman–Crippen MR) is 112 cm³/mol. The Kier molecular flexibility index (Phi) is 9.95. The van der Waals surface area contributed by atoms with Crippen LogP contribution in [0, 0.1) is 0 Å². The van der Waals surface area contributed by atoms with Crippen LogP contribution in [0.3, 0.4) is 0 Å². The lowest BCUT2D eigenvalue weighted by Crippen LogP contribution is -2.29. The highest BCUT2D eigenvalue weighted by atomic mass is 35.5. The van der Waals surface area contributed by atoms with Gasteiger partial charge in [-0.05, 0) is 48.7 Å². The molecule has 0 fully saturated rings. The molecule has 0 bridgehead atoms. The molecule has 0 aliphatic rings. The van der Waals surface area contributed by atoms with E-state index in [0.29, 0.717) is 18.5 Å². The summed E-state index contributed by atoms with van der Waals surface area (Å²) in [7, 11) is -2.01. The van der Waals surface area contributed by atoms with Crippen molar-refractivity contribution in [2.24, 2.45) is 5.73 Å². The molecule has 28 heavy (non-hydrogen) atoms. The van der Waals surface area contributed by atoms with Gasteiger partial charge in [-0.3, -0.25) is 4.79 Å². The van der Waals surface area contributed by atoms with Gasteiger partial charge in [0.25, 0.3) is 0 Å². The van der Waals surface area contributed by atoms with Crippen LogP contribution in [-0.2, 0) is 21.2 Å². The minimum absolute atomic E-state index is 0. The summed E-state index contributed by atoms with van der Waals surface area (Å²) in [6.45, 7) is 0.369. The molecule has 0 saturated carbocycles. The van der Waals surface area contributed by atoms with E-state index in [1.54, 1.807) is 19.2 Å². The third-order valence-corrected chi connectivity index (χ3v) is 5.35. The maximum Gasteiger partial charge on any atom is 0.240 e. The Bertz CT molecular complexity index is 858. The second-order valence-electron chi connectivity index (χ2n) is 5.96. The summed E-state index contributed by atoms with van der Waals surface area (Å²) in [6, 6.07) is 13.9. The van der Waals surface area contributed by atoms with E-state index in [1.807, 2.05) is 24.3 Å². The highest BCUT2D eigenvalue weighted by Gasteiger charge is 2.14. The van der Waals surface area contributed by atoms with Crippen LogP contribution in [0.4, 0.5) is 5.69 Å². The van der Waals surface area contributed by atoms with Gasteiger partial charge < -0.3 is 15.8 Å². The van der Waals surface area contributed by atoms with E-state index >= 15 is 0 Å². The number of hydrogen-bond donors (Lipinski definition) is 3. The van der Waals surface area contributed by atoms with Crippen LogP contribution in [0.5, 0.6) is 5.75 Å². The maximum atomic E-state index is 12.1.